The van der Waals surface area contributed by atoms with E-state index < -0.39 is 5.97 Å². The quantitative estimate of drug-likeness (QED) is 0.265. The third-order valence-electron chi connectivity index (χ3n) is 4.01. The maximum absolute atomic E-state index is 10.4. The fraction of sp³-hybridized carbons (Fsp3) is 0.944. The Balaban J connectivity index is 3.15. The van der Waals surface area contributed by atoms with Gasteiger partial charge in [-0.3, -0.25) is 0 Å². The van der Waals surface area contributed by atoms with E-state index >= 15 is 0 Å². The van der Waals surface area contributed by atoms with Crippen LogP contribution in [0.3, 0.4) is 0 Å². The first kappa shape index (κ1) is 21.0. The van der Waals surface area contributed by atoms with Crippen LogP contribution in [0, 0.1) is 0 Å². The number of carbonyl (C=O) groups is 1. The number of carboxylic acids is 1. The summed E-state index contributed by atoms with van der Waals surface area (Å²) in [4.78, 5) is 11.0. The number of aliphatic carboxylic acids is 1. The van der Waals surface area contributed by atoms with Crippen molar-refractivity contribution in [2.24, 2.45) is 0 Å². The maximum atomic E-state index is 10.4. The van der Waals surface area contributed by atoms with Gasteiger partial charge in [0, 0.05) is 0 Å². The van der Waals surface area contributed by atoms with E-state index in [1.54, 1.807) is 0 Å². The molecule has 1 unspecified atom stereocenters. The first-order valence-electron chi connectivity index (χ1n) is 9.01. The molecule has 21 heavy (non-hydrogen) atoms. The molecule has 127 valence electrons. The zero-order valence-electron chi connectivity index (χ0n) is 13.9. The average molecular weight is 339 g/mol. The molecule has 0 bridgehead atoms. The first-order chi connectivity index (χ1) is 10.2. The van der Waals surface area contributed by atoms with Gasteiger partial charge in [-0.2, -0.15) is 0 Å². The summed E-state index contributed by atoms with van der Waals surface area (Å²) < 4.78 is 0. The Morgan fingerprint density at radius 2 is 1.24 bits per heavy atom. The van der Waals surface area contributed by atoms with E-state index in [9.17, 15) is 4.79 Å². The molecule has 0 aliphatic heterocycles. The summed E-state index contributed by atoms with van der Waals surface area (Å²) in [5, 5.41) is 8.54. The van der Waals surface area contributed by atoms with E-state index in [1.807, 2.05) is 0 Å². The molecule has 0 amide bonds. The zero-order chi connectivity index (χ0) is 15.8. The SMILES string of the molecule is CCCCCCCC[CH]([Fe])CCCCCCCCC(=O)O. The minimum absolute atomic E-state index is 0.333. The van der Waals surface area contributed by atoms with Crippen molar-refractivity contribution in [3.05, 3.63) is 0 Å². The molecule has 0 aromatic heterocycles. The summed E-state index contributed by atoms with van der Waals surface area (Å²) in [6, 6.07) is 0. The van der Waals surface area contributed by atoms with Gasteiger partial charge in [-0.15, -0.1) is 0 Å². The van der Waals surface area contributed by atoms with E-state index in [2.05, 4.69) is 22.9 Å². The third kappa shape index (κ3) is 17.9. The molecular weight excluding hydrogens is 304 g/mol. The second-order valence-electron chi connectivity index (χ2n) is 6.19. The fourth-order valence-corrected chi connectivity index (χ4v) is 3.08. The van der Waals surface area contributed by atoms with Gasteiger partial charge in [-0.05, 0) is 0 Å². The van der Waals surface area contributed by atoms with Gasteiger partial charge in [-0.1, -0.05) is 0 Å². The normalized spacial score (nSPS) is 12.5. The van der Waals surface area contributed by atoms with Crippen molar-refractivity contribution in [3.8, 4) is 0 Å². The first-order valence-corrected chi connectivity index (χ1v) is 9.65. The van der Waals surface area contributed by atoms with Gasteiger partial charge >= 0.3 is 140 Å². The molecule has 0 rings (SSSR count). The van der Waals surface area contributed by atoms with Crippen LogP contribution in [-0.2, 0) is 20.8 Å². The van der Waals surface area contributed by atoms with Crippen molar-refractivity contribution in [3.63, 3.8) is 0 Å². The van der Waals surface area contributed by atoms with Gasteiger partial charge in [0.15, 0.2) is 0 Å². The second-order valence-corrected chi connectivity index (χ2v) is 7.09. The Morgan fingerprint density at radius 3 is 1.71 bits per heavy atom. The summed E-state index contributed by atoms with van der Waals surface area (Å²) in [5.41, 5.74) is 0. The average Bonchev–Trinajstić information content (AvgIpc) is 2.45. The molecule has 0 aromatic carbocycles. The van der Waals surface area contributed by atoms with Crippen molar-refractivity contribution >= 4 is 5.97 Å². The van der Waals surface area contributed by atoms with Crippen LogP contribution < -0.4 is 0 Å². The molecule has 0 saturated carbocycles. The van der Waals surface area contributed by atoms with E-state index in [1.165, 1.54) is 77.0 Å². The Morgan fingerprint density at radius 1 is 0.810 bits per heavy atom. The molecule has 0 heterocycles. The van der Waals surface area contributed by atoms with E-state index in [0.29, 0.717) is 11.2 Å². The van der Waals surface area contributed by atoms with Crippen molar-refractivity contribution in [2.75, 3.05) is 0 Å². The van der Waals surface area contributed by atoms with Crippen molar-refractivity contribution in [1.29, 1.82) is 0 Å². The van der Waals surface area contributed by atoms with Crippen LogP contribution in [0.25, 0.3) is 0 Å². The Bertz CT molecular complexity index is 231. The number of hydrogen-bond acceptors (Lipinski definition) is 1. The molecule has 0 spiro atoms. The monoisotopic (exact) mass is 339 g/mol. The number of unbranched alkanes of at least 4 members (excludes halogenated alkanes) is 10. The molecule has 1 N–H and O–H groups in total. The van der Waals surface area contributed by atoms with Gasteiger partial charge in [-0.25, -0.2) is 0 Å². The molecule has 0 fully saturated rings. The summed E-state index contributed by atoms with van der Waals surface area (Å²) in [6.07, 6.45) is 18.1. The van der Waals surface area contributed by atoms with Crippen LogP contribution in [0.2, 0.25) is 4.82 Å². The summed E-state index contributed by atoms with van der Waals surface area (Å²) in [6.45, 7) is 2.26. The van der Waals surface area contributed by atoms with Crippen LogP contribution in [0.5, 0.6) is 0 Å². The Labute approximate surface area is 140 Å². The number of rotatable bonds is 16. The van der Waals surface area contributed by atoms with Crippen LogP contribution in [0.1, 0.15) is 103 Å². The second kappa shape index (κ2) is 16.4. The zero-order valence-corrected chi connectivity index (χ0v) is 15.0. The van der Waals surface area contributed by atoms with Gasteiger partial charge in [0.25, 0.3) is 0 Å². The Hall–Kier alpha value is -0.0105. The summed E-state index contributed by atoms with van der Waals surface area (Å²) in [5.74, 6) is -0.662. The van der Waals surface area contributed by atoms with Crippen LogP contribution in [0.4, 0.5) is 0 Å². The molecular formula is C18H35FeO2. The molecule has 0 aliphatic carbocycles. The van der Waals surface area contributed by atoms with Crippen molar-refractivity contribution in [1.82, 2.24) is 0 Å². The van der Waals surface area contributed by atoms with E-state index in [4.69, 9.17) is 5.11 Å². The van der Waals surface area contributed by atoms with Crippen molar-refractivity contribution < 1.29 is 25.9 Å². The van der Waals surface area contributed by atoms with Crippen LogP contribution in [0.15, 0.2) is 0 Å². The molecule has 3 heteroatoms. The summed E-state index contributed by atoms with van der Waals surface area (Å²) >= 11 is 4.27. The molecule has 0 saturated heterocycles. The van der Waals surface area contributed by atoms with E-state index in [0.717, 1.165) is 12.8 Å². The topological polar surface area (TPSA) is 37.3 Å². The molecule has 0 radical (unpaired) electrons. The molecule has 0 aromatic rings. The van der Waals surface area contributed by atoms with Crippen LogP contribution in [-0.4, -0.2) is 11.1 Å². The van der Waals surface area contributed by atoms with Gasteiger partial charge in [0.1, 0.15) is 0 Å². The molecule has 0 aliphatic rings. The standard InChI is InChI=1S/C18H35O2.Fe/c1-2-3-4-5-6-7-8-9-10-11-12-13-14-15-16-17-18(19)20;/h9H,2-8,10-17H2,1H3,(H,19,20);. The van der Waals surface area contributed by atoms with Gasteiger partial charge in [0.05, 0.1) is 0 Å². The Kier molecular flexibility index (Phi) is 16.4. The fourth-order valence-electron chi connectivity index (χ4n) is 2.63. The van der Waals surface area contributed by atoms with Gasteiger partial charge < -0.3 is 0 Å². The summed E-state index contributed by atoms with van der Waals surface area (Å²) in [7, 11) is 0. The predicted octanol–water partition coefficient (Wildman–Crippen LogP) is 6.28. The van der Waals surface area contributed by atoms with Crippen LogP contribution >= 0.6 is 0 Å². The third-order valence-corrected chi connectivity index (χ3v) is 4.65. The van der Waals surface area contributed by atoms with Crippen molar-refractivity contribution in [2.45, 2.75) is 108 Å². The van der Waals surface area contributed by atoms with Gasteiger partial charge in [0.2, 0.25) is 0 Å². The minimum atomic E-state index is -0.662. The number of carboxylic acid groups (broad SMARTS) is 1. The molecule has 2 nitrogen and oxygen atoms in total. The number of hydrogen-bond donors (Lipinski definition) is 1. The predicted molar refractivity (Wildman–Crippen MR) is 86.3 cm³/mol. The van der Waals surface area contributed by atoms with E-state index in [-0.39, 0.29) is 0 Å². The molecule has 1 atom stereocenters.